The van der Waals surface area contributed by atoms with Gasteiger partial charge in [0.15, 0.2) is 0 Å². The molecule has 0 atom stereocenters. The highest BCUT2D eigenvalue weighted by atomic mass is 16.5. The van der Waals surface area contributed by atoms with Crippen molar-refractivity contribution in [1.29, 1.82) is 0 Å². The second-order valence-electron chi connectivity index (χ2n) is 4.36. The Morgan fingerprint density at radius 1 is 1.00 bits per heavy atom. The van der Waals surface area contributed by atoms with Gasteiger partial charge in [-0.25, -0.2) is 0 Å². The van der Waals surface area contributed by atoms with Crippen LogP contribution in [0.4, 0.5) is 11.4 Å². The summed E-state index contributed by atoms with van der Waals surface area (Å²) >= 11 is 0. The minimum Gasteiger partial charge on any atom is -0.497 e. The molecule has 0 aliphatic rings. The summed E-state index contributed by atoms with van der Waals surface area (Å²) in [6.07, 6.45) is 0. The molecule has 0 heterocycles. The molecule has 5 heteroatoms. The maximum atomic E-state index is 12.0. The van der Waals surface area contributed by atoms with Crippen molar-refractivity contribution >= 4 is 23.0 Å². The second kappa shape index (κ2) is 7.09. The molecule has 0 aromatic heterocycles. The maximum absolute atomic E-state index is 12.0. The lowest BCUT2D eigenvalue weighted by atomic mass is 10.3. The Balaban J connectivity index is 1.95. The zero-order valence-corrected chi connectivity index (χ0v) is 12.0. The van der Waals surface area contributed by atoms with E-state index in [1.807, 2.05) is 30.3 Å². The molecule has 0 spiro atoms. The van der Waals surface area contributed by atoms with Crippen LogP contribution < -0.4 is 15.5 Å². The standard InChI is InChI=1S/C16H17N3O2/c1-12(18-19-14-6-4-3-5-7-14)16(20)17-13-8-10-15(21-2)11-9-13/h3-11,19H,1-2H3,(H,17,20)/b18-12-. The second-order valence-corrected chi connectivity index (χ2v) is 4.36. The van der Waals surface area contributed by atoms with Gasteiger partial charge in [0.05, 0.1) is 12.8 Å². The van der Waals surface area contributed by atoms with Crippen LogP contribution in [-0.4, -0.2) is 18.7 Å². The number of hydrogen-bond acceptors (Lipinski definition) is 4. The van der Waals surface area contributed by atoms with E-state index in [1.165, 1.54) is 0 Å². The zero-order valence-electron chi connectivity index (χ0n) is 12.0. The lowest BCUT2D eigenvalue weighted by Gasteiger charge is -2.06. The van der Waals surface area contributed by atoms with E-state index in [1.54, 1.807) is 38.3 Å². The summed E-state index contributed by atoms with van der Waals surface area (Å²) in [7, 11) is 1.60. The number of benzene rings is 2. The molecule has 2 aromatic carbocycles. The molecule has 21 heavy (non-hydrogen) atoms. The largest absolute Gasteiger partial charge is 0.497 e. The van der Waals surface area contributed by atoms with Crippen LogP contribution in [0.3, 0.4) is 0 Å². The van der Waals surface area contributed by atoms with Crippen LogP contribution in [0, 0.1) is 0 Å². The number of rotatable bonds is 5. The Labute approximate surface area is 123 Å². The van der Waals surface area contributed by atoms with Crippen LogP contribution in [-0.2, 0) is 4.79 Å². The number of amides is 1. The molecule has 0 radical (unpaired) electrons. The van der Waals surface area contributed by atoms with Crippen LogP contribution in [0.15, 0.2) is 59.7 Å². The fourth-order valence-electron chi connectivity index (χ4n) is 1.61. The van der Waals surface area contributed by atoms with Gasteiger partial charge in [0, 0.05) is 5.69 Å². The van der Waals surface area contributed by atoms with E-state index in [4.69, 9.17) is 4.74 Å². The molecule has 2 N–H and O–H groups in total. The average molecular weight is 283 g/mol. The minimum atomic E-state index is -0.261. The van der Waals surface area contributed by atoms with Crippen LogP contribution in [0.2, 0.25) is 0 Å². The summed E-state index contributed by atoms with van der Waals surface area (Å²) in [4.78, 5) is 12.0. The number of hydrogen-bond donors (Lipinski definition) is 2. The number of hydrazone groups is 1. The van der Waals surface area contributed by atoms with Crippen molar-refractivity contribution in [3.05, 3.63) is 54.6 Å². The van der Waals surface area contributed by atoms with E-state index >= 15 is 0 Å². The number of nitrogens with one attached hydrogen (secondary N) is 2. The van der Waals surface area contributed by atoms with E-state index < -0.39 is 0 Å². The van der Waals surface area contributed by atoms with E-state index in [2.05, 4.69) is 15.8 Å². The highest BCUT2D eigenvalue weighted by molar-refractivity contribution is 6.42. The smallest absolute Gasteiger partial charge is 0.271 e. The predicted octanol–water partition coefficient (Wildman–Crippen LogP) is 3.12. The third-order valence-electron chi connectivity index (χ3n) is 2.80. The van der Waals surface area contributed by atoms with E-state index in [-0.39, 0.29) is 5.91 Å². The lowest BCUT2D eigenvalue weighted by Crippen LogP contribution is -2.21. The highest BCUT2D eigenvalue weighted by Crippen LogP contribution is 2.15. The van der Waals surface area contributed by atoms with Gasteiger partial charge in [0.2, 0.25) is 0 Å². The monoisotopic (exact) mass is 283 g/mol. The average Bonchev–Trinajstić information content (AvgIpc) is 2.54. The summed E-state index contributed by atoms with van der Waals surface area (Å²) in [6.45, 7) is 1.65. The fourth-order valence-corrected chi connectivity index (χ4v) is 1.61. The van der Waals surface area contributed by atoms with Crippen LogP contribution in [0.25, 0.3) is 0 Å². The van der Waals surface area contributed by atoms with Gasteiger partial charge in [-0.15, -0.1) is 0 Å². The fraction of sp³-hybridized carbons (Fsp3) is 0.125. The van der Waals surface area contributed by atoms with Crippen LogP contribution in [0.1, 0.15) is 6.92 Å². The molecule has 0 fully saturated rings. The lowest BCUT2D eigenvalue weighted by molar-refractivity contribution is -0.110. The molecule has 0 unspecified atom stereocenters. The summed E-state index contributed by atoms with van der Waals surface area (Å²) in [5.41, 5.74) is 4.70. The van der Waals surface area contributed by atoms with Crippen molar-refractivity contribution in [2.75, 3.05) is 17.9 Å². The summed E-state index contributed by atoms with van der Waals surface area (Å²) in [5, 5.41) is 6.82. The molecule has 1 amide bonds. The predicted molar refractivity (Wildman–Crippen MR) is 84.8 cm³/mol. The first kappa shape index (κ1) is 14.6. The van der Waals surface area contributed by atoms with Gasteiger partial charge in [-0.05, 0) is 43.3 Å². The Hall–Kier alpha value is -2.82. The molecule has 0 bridgehead atoms. The quantitative estimate of drug-likeness (QED) is 0.654. The molecular formula is C16H17N3O2. The number of carbonyl (C=O) groups excluding carboxylic acids is 1. The number of carbonyl (C=O) groups is 1. The maximum Gasteiger partial charge on any atom is 0.271 e. The molecule has 0 aliphatic heterocycles. The van der Waals surface area contributed by atoms with Crippen molar-refractivity contribution in [3.63, 3.8) is 0 Å². The van der Waals surface area contributed by atoms with Crippen LogP contribution in [0.5, 0.6) is 5.75 Å². The van der Waals surface area contributed by atoms with Crippen molar-refractivity contribution in [1.82, 2.24) is 0 Å². The number of ether oxygens (including phenoxy) is 1. The number of anilines is 2. The molecule has 0 aliphatic carbocycles. The third-order valence-corrected chi connectivity index (χ3v) is 2.80. The first-order chi connectivity index (χ1) is 10.2. The van der Waals surface area contributed by atoms with Crippen molar-refractivity contribution in [2.24, 2.45) is 5.10 Å². The minimum absolute atomic E-state index is 0.261. The highest BCUT2D eigenvalue weighted by Gasteiger charge is 2.06. The van der Waals surface area contributed by atoms with Gasteiger partial charge in [-0.2, -0.15) is 5.10 Å². The Kier molecular flexibility index (Phi) is 4.93. The number of nitrogens with zero attached hydrogens (tertiary/aromatic N) is 1. The van der Waals surface area contributed by atoms with Gasteiger partial charge in [0.25, 0.3) is 5.91 Å². The Morgan fingerprint density at radius 2 is 1.67 bits per heavy atom. The number of para-hydroxylation sites is 1. The summed E-state index contributed by atoms with van der Waals surface area (Å²) in [6, 6.07) is 16.6. The molecule has 5 nitrogen and oxygen atoms in total. The Bertz CT molecular complexity index is 622. The molecule has 108 valence electrons. The SMILES string of the molecule is COc1ccc(NC(=O)/C(C)=N\Nc2ccccc2)cc1. The van der Waals surface area contributed by atoms with E-state index in [9.17, 15) is 4.79 Å². The van der Waals surface area contributed by atoms with Crippen LogP contribution >= 0.6 is 0 Å². The zero-order chi connectivity index (χ0) is 15.1. The van der Waals surface area contributed by atoms with Crippen molar-refractivity contribution in [2.45, 2.75) is 6.92 Å². The van der Waals surface area contributed by atoms with Gasteiger partial charge < -0.3 is 10.1 Å². The van der Waals surface area contributed by atoms with Crippen molar-refractivity contribution in [3.8, 4) is 5.75 Å². The normalized spacial score (nSPS) is 10.9. The van der Waals surface area contributed by atoms with Gasteiger partial charge >= 0.3 is 0 Å². The number of methoxy groups -OCH3 is 1. The molecule has 2 rings (SSSR count). The van der Waals surface area contributed by atoms with Crippen molar-refractivity contribution < 1.29 is 9.53 Å². The molecule has 2 aromatic rings. The summed E-state index contributed by atoms with van der Waals surface area (Å²) < 4.78 is 5.06. The first-order valence-corrected chi connectivity index (χ1v) is 6.50. The Morgan fingerprint density at radius 3 is 2.29 bits per heavy atom. The van der Waals surface area contributed by atoms with Gasteiger partial charge in [-0.3, -0.25) is 10.2 Å². The molecular weight excluding hydrogens is 266 g/mol. The van der Waals surface area contributed by atoms with Gasteiger partial charge in [-0.1, -0.05) is 18.2 Å². The first-order valence-electron chi connectivity index (χ1n) is 6.50. The van der Waals surface area contributed by atoms with E-state index in [0.717, 1.165) is 11.4 Å². The topological polar surface area (TPSA) is 62.7 Å². The molecule has 0 saturated heterocycles. The van der Waals surface area contributed by atoms with E-state index in [0.29, 0.717) is 11.4 Å². The third kappa shape index (κ3) is 4.35. The molecule has 0 saturated carbocycles. The van der Waals surface area contributed by atoms with Gasteiger partial charge in [0.1, 0.15) is 11.5 Å². The summed E-state index contributed by atoms with van der Waals surface area (Å²) in [5.74, 6) is 0.479.